The zero-order chi connectivity index (χ0) is 21.5. The third-order valence-corrected chi connectivity index (χ3v) is 5.48. The van der Waals surface area contributed by atoms with Crippen molar-refractivity contribution in [1.29, 1.82) is 5.26 Å². The lowest BCUT2D eigenvalue weighted by atomic mass is 10.1. The van der Waals surface area contributed by atoms with Gasteiger partial charge in [-0.25, -0.2) is 4.98 Å². The highest BCUT2D eigenvalue weighted by Gasteiger charge is 2.40. The lowest BCUT2D eigenvalue weighted by molar-refractivity contribution is -0.760. The van der Waals surface area contributed by atoms with Gasteiger partial charge in [0.2, 0.25) is 5.52 Å². The van der Waals surface area contributed by atoms with Crippen molar-refractivity contribution < 1.29 is 14.0 Å². The second-order valence-electron chi connectivity index (χ2n) is 7.39. The Morgan fingerprint density at radius 2 is 1.69 bits per heavy atom. The van der Waals surface area contributed by atoms with Crippen LogP contribution in [0.3, 0.4) is 0 Å². The Labute approximate surface area is 184 Å². The molecule has 6 rings (SSSR count). The number of nitrogens with zero attached hydrogens (tertiary/aromatic N) is 4. The van der Waals surface area contributed by atoms with Crippen LogP contribution in [0.5, 0.6) is 11.5 Å². The number of para-hydroxylation sites is 2. The fourth-order valence-corrected chi connectivity index (χ4v) is 4.07. The number of imidazole rings is 1. The molecule has 3 heterocycles. The number of hydrogen-bond donors (Lipinski definition) is 0. The van der Waals surface area contributed by atoms with Crippen molar-refractivity contribution in [2.24, 2.45) is 0 Å². The molecule has 5 aromatic rings. The van der Waals surface area contributed by atoms with Gasteiger partial charge in [0.15, 0.2) is 0 Å². The van der Waals surface area contributed by atoms with E-state index in [2.05, 4.69) is 22.8 Å². The Kier molecular flexibility index (Phi) is 4.12. The van der Waals surface area contributed by atoms with Crippen LogP contribution in [0.25, 0.3) is 28.2 Å². The van der Waals surface area contributed by atoms with E-state index in [1.165, 1.54) is 0 Å². The van der Waals surface area contributed by atoms with E-state index in [0.717, 1.165) is 34.0 Å². The number of nitriles is 1. The molecule has 1 unspecified atom stereocenters. The Bertz CT molecular complexity index is 1480. The quantitative estimate of drug-likeness (QED) is 0.397. The first kappa shape index (κ1) is 18.2. The smallest absolute Gasteiger partial charge is 0.404 e. The highest BCUT2D eigenvalue weighted by atomic mass is 16.7. The van der Waals surface area contributed by atoms with Gasteiger partial charge in [-0.1, -0.05) is 30.3 Å². The molecule has 1 aliphatic rings. The fourth-order valence-electron chi connectivity index (χ4n) is 4.07. The van der Waals surface area contributed by atoms with Gasteiger partial charge < -0.3 is 9.47 Å². The van der Waals surface area contributed by atoms with Crippen molar-refractivity contribution >= 4 is 11.2 Å². The number of benzene rings is 3. The molecule has 32 heavy (non-hydrogen) atoms. The van der Waals surface area contributed by atoms with Gasteiger partial charge in [0.1, 0.15) is 22.7 Å². The van der Waals surface area contributed by atoms with E-state index in [9.17, 15) is 0 Å². The number of hydrogen-bond acceptors (Lipinski definition) is 4. The number of rotatable bonds is 3. The molecule has 152 valence electrons. The van der Waals surface area contributed by atoms with Crippen molar-refractivity contribution in [3.05, 3.63) is 103 Å². The molecular formula is C26H17N4O2+. The summed E-state index contributed by atoms with van der Waals surface area (Å²) in [5, 5.41) is 9.09. The van der Waals surface area contributed by atoms with Crippen LogP contribution in [0.15, 0.2) is 97.2 Å². The zero-order valence-corrected chi connectivity index (χ0v) is 16.9. The van der Waals surface area contributed by atoms with Crippen LogP contribution in [-0.4, -0.2) is 9.55 Å². The Hall–Kier alpha value is -4.63. The van der Waals surface area contributed by atoms with E-state index in [-0.39, 0.29) is 0 Å². The average Bonchev–Trinajstić information content (AvgIpc) is 3.21. The monoisotopic (exact) mass is 417 g/mol. The maximum Gasteiger partial charge on any atom is 0.404 e. The molecule has 0 N–H and O–H groups in total. The molecule has 3 aromatic carbocycles. The van der Waals surface area contributed by atoms with Crippen LogP contribution in [0.2, 0.25) is 0 Å². The van der Waals surface area contributed by atoms with Gasteiger partial charge >= 0.3 is 12.2 Å². The maximum absolute atomic E-state index is 9.09. The molecule has 0 aliphatic carbocycles. The summed E-state index contributed by atoms with van der Waals surface area (Å²) in [6, 6.07) is 31.1. The standard InChI is InChI=1S/C26H17N4O2/c27-17-18-12-14-20(15-13-18)31-26-30-22-10-6-16-28-24(22)29(19-7-2-1-3-8-19)25(30)21-9-4-5-11-23(21)32-26/h1-16,26H/q+1. The molecule has 0 spiro atoms. The molecule has 0 radical (unpaired) electrons. The van der Waals surface area contributed by atoms with E-state index in [1.54, 1.807) is 30.5 Å². The third kappa shape index (κ3) is 2.80. The predicted molar refractivity (Wildman–Crippen MR) is 118 cm³/mol. The van der Waals surface area contributed by atoms with Gasteiger partial charge in [-0.15, -0.1) is 4.57 Å². The average molecular weight is 417 g/mol. The second-order valence-corrected chi connectivity index (χ2v) is 7.39. The minimum absolute atomic E-state index is 0.575. The second kappa shape index (κ2) is 7.25. The number of ether oxygens (including phenoxy) is 2. The molecule has 0 saturated carbocycles. The first-order chi connectivity index (χ1) is 15.8. The molecular weight excluding hydrogens is 400 g/mol. The first-order valence-electron chi connectivity index (χ1n) is 10.2. The summed E-state index contributed by atoms with van der Waals surface area (Å²) in [5.74, 6) is 2.26. The highest BCUT2D eigenvalue weighted by molar-refractivity contribution is 5.77. The van der Waals surface area contributed by atoms with Gasteiger partial charge in [0.05, 0.1) is 11.6 Å². The van der Waals surface area contributed by atoms with Gasteiger partial charge in [-0.05, 0) is 60.7 Å². The van der Waals surface area contributed by atoms with Gasteiger partial charge in [-0.2, -0.15) is 9.83 Å². The summed E-state index contributed by atoms with van der Waals surface area (Å²) in [5.41, 5.74) is 4.22. The van der Waals surface area contributed by atoms with Crippen LogP contribution in [0.4, 0.5) is 0 Å². The first-order valence-corrected chi connectivity index (χ1v) is 10.2. The third-order valence-electron chi connectivity index (χ3n) is 5.48. The fraction of sp³-hybridized carbons (Fsp3) is 0.0385. The molecule has 0 amide bonds. The normalized spacial score (nSPS) is 14.2. The lowest BCUT2D eigenvalue weighted by Crippen LogP contribution is -2.49. The van der Waals surface area contributed by atoms with E-state index in [1.807, 2.05) is 59.2 Å². The van der Waals surface area contributed by atoms with Crippen LogP contribution < -0.4 is 14.0 Å². The van der Waals surface area contributed by atoms with Crippen molar-refractivity contribution in [3.8, 4) is 34.6 Å². The summed E-state index contributed by atoms with van der Waals surface area (Å²) in [6.07, 6.45) is 1.04. The van der Waals surface area contributed by atoms with Crippen LogP contribution in [0, 0.1) is 11.3 Å². The maximum atomic E-state index is 9.09. The molecule has 0 saturated heterocycles. The molecule has 2 aromatic heterocycles. The van der Waals surface area contributed by atoms with Crippen molar-refractivity contribution in [2.75, 3.05) is 0 Å². The van der Waals surface area contributed by atoms with E-state index in [4.69, 9.17) is 19.7 Å². The minimum Gasteiger partial charge on any atom is -0.420 e. The predicted octanol–water partition coefficient (Wildman–Crippen LogP) is 4.78. The largest absolute Gasteiger partial charge is 0.420 e. The van der Waals surface area contributed by atoms with Crippen molar-refractivity contribution in [2.45, 2.75) is 6.41 Å². The number of fused-ring (bicyclic) bond motifs is 5. The zero-order valence-electron chi connectivity index (χ0n) is 16.9. The van der Waals surface area contributed by atoms with Crippen molar-refractivity contribution in [3.63, 3.8) is 0 Å². The van der Waals surface area contributed by atoms with Crippen LogP contribution >= 0.6 is 0 Å². The highest BCUT2D eigenvalue weighted by Crippen LogP contribution is 2.38. The van der Waals surface area contributed by atoms with Crippen LogP contribution in [-0.2, 0) is 0 Å². The van der Waals surface area contributed by atoms with E-state index >= 15 is 0 Å². The summed E-state index contributed by atoms with van der Waals surface area (Å²) in [7, 11) is 0. The Morgan fingerprint density at radius 1 is 0.906 bits per heavy atom. The summed E-state index contributed by atoms with van der Waals surface area (Å²) >= 11 is 0. The van der Waals surface area contributed by atoms with E-state index < -0.39 is 6.41 Å². The molecule has 6 nitrogen and oxygen atoms in total. The van der Waals surface area contributed by atoms with Gasteiger partial charge in [0, 0.05) is 6.20 Å². The molecule has 1 aliphatic heterocycles. The Morgan fingerprint density at radius 3 is 2.50 bits per heavy atom. The van der Waals surface area contributed by atoms with Crippen LogP contribution in [0.1, 0.15) is 12.0 Å². The summed E-state index contributed by atoms with van der Waals surface area (Å²) in [4.78, 5) is 4.69. The molecule has 1 atom stereocenters. The molecule has 0 bridgehead atoms. The summed E-state index contributed by atoms with van der Waals surface area (Å²) < 4.78 is 16.8. The Balaban J connectivity index is 1.61. The minimum atomic E-state index is -0.746. The lowest BCUT2D eigenvalue weighted by Gasteiger charge is -2.24. The van der Waals surface area contributed by atoms with Gasteiger partial charge in [0.25, 0.3) is 5.65 Å². The number of pyridine rings is 1. The van der Waals surface area contributed by atoms with Gasteiger partial charge in [-0.3, -0.25) is 0 Å². The topological polar surface area (TPSA) is 64.0 Å². The SMILES string of the molecule is N#Cc1ccc(OC2Oc3ccccc3-c3n(-c4ccccc4)c4ncccc4[n+]32)cc1. The van der Waals surface area contributed by atoms with E-state index in [0.29, 0.717) is 11.3 Å². The van der Waals surface area contributed by atoms with Crippen molar-refractivity contribution in [1.82, 2.24) is 9.55 Å². The summed E-state index contributed by atoms with van der Waals surface area (Å²) in [6.45, 7) is 0. The molecule has 6 heteroatoms. The molecule has 0 fully saturated rings. The number of aromatic nitrogens is 3.